The van der Waals surface area contributed by atoms with Gasteiger partial charge in [-0.3, -0.25) is 9.69 Å². The van der Waals surface area contributed by atoms with Crippen molar-refractivity contribution in [3.63, 3.8) is 0 Å². The maximum Gasteiger partial charge on any atom is 0.265 e. The molecule has 1 aromatic rings. The number of nitrogens with zero attached hydrogens (tertiary/aromatic N) is 1. The molecule has 1 fully saturated rings. The third-order valence-electron chi connectivity index (χ3n) is 2.15. The summed E-state index contributed by atoms with van der Waals surface area (Å²) < 4.78 is 1.79. The van der Waals surface area contributed by atoms with Crippen LogP contribution in [0.15, 0.2) is 29.2 Å². The zero-order valence-corrected chi connectivity index (χ0v) is 12.2. The Morgan fingerprint density at radius 3 is 2.50 bits per heavy atom. The second kappa shape index (κ2) is 4.85. The van der Waals surface area contributed by atoms with Gasteiger partial charge < -0.3 is 0 Å². The molecular weight excluding hydrogens is 353 g/mol. The second-order valence-electron chi connectivity index (χ2n) is 3.29. The molecule has 5 heteroatoms. The standard InChI is InChI=1S/C11H8INOS2/c1-13-10(14)9(16-11(13)15)6-7-2-4-8(12)5-3-7/h2-6H,1H3. The van der Waals surface area contributed by atoms with E-state index in [0.29, 0.717) is 9.23 Å². The fourth-order valence-corrected chi connectivity index (χ4v) is 2.80. The van der Waals surface area contributed by atoms with E-state index in [4.69, 9.17) is 12.2 Å². The van der Waals surface area contributed by atoms with Crippen molar-refractivity contribution in [2.75, 3.05) is 7.05 Å². The summed E-state index contributed by atoms with van der Waals surface area (Å²) in [6.45, 7) is 0. The minimum Gasteiger partial charge on any atom is -0.296 e. The molecule has 0 spiro atoms. The number of thioether (sulfide) groups is 1. The summed E-state index contributed by atoms with van der Waals surface area (Å²) in [6, 6.07) is 8.01. The molecule has 16 heavy (non-hydrogen) atoms. The number of likely N-dealkylation sites (N-methyl/N-ethyl adjacent to an activating group) is 1. The van der Waals surface area contributed by atoms with Gasteiger partial charge in [-0.15, -0.1) is 0 Å². The molecule has 1 heterocycles. The normalized spacial score (nSPS) is 18.6. The van der Waals surface area contributed by atoms with Crippen molar-refractivity contribution in [3.8, 4) is 0 Å². The summed E-state index contributed by atoms with van der Waals surface area (Å²) in [6.07, 6.45) is 1.87. The number of carbonyl (C=O) groups excluding carboxylic acids is 1. The molecule has 0 radical (unpaired) electrons. The highest BCUT2D eigenvalue weighted by Gasteiger charge is 2.28. The first kappa shape index (κ1) is 12.1. The van der Waals surface area contributed by atoms with Gasteiger partial charge in [0.25, 0.3) is 5.91 Å². The predicted molar refractivity (Wildman–Crippen MR) is 80.1 cm³/mol. The Labute approximate surface area is 117 Å². The number of thiocarbonyl (C=S) groups is 1. The Hall–Kier alpha value is -0.400. The van der Waals surface area contributed by atoms with Crippen molar-refractivity contribution in [1.29, 1.82) is 0 Å². The summed E-state index contributed by atoms with van der Waals surface area (Å²) >= 11 is 8.66. The SMILES string of the molecule is CN1C(=O)C(=Cc2ccc(I)cc2)SC1=S. The van der Waals surface area contributed by atoms with Crippen molar-refractivity contribution < 1.29 is 4.79 Å². The van der Waals surface area contributed by atoms with E-state index in [1.165, 1.54) is 20.2 Å². The second-order valence-corrected chi connectivity index (χ2v) is 6.21. The summed E-state index contributed by atoms with van der Waals surface area (Å²) in [5.74, 6) is -0.0199. The van der Waals surface area contributed by atoms with Crippen molar-refractivity contribution in [3.05, 3.63) is 38.3 Å². The van der Waals surface area contributed by atoms with E-state index < -0.39 is 0 Å². The van der Waals surface area contributed by atoms with Gasteiger partial charge in [0, 0.05) is 10.6 Å². The van der Waals surface area contributed by atoms with Crippen LogP contribution in [-0.2, 0) is 4.79 Å². The fraction of sp³-hybridized carbons (Fsp3) is 0.0909. The Morgan fingerprint density at radius 2 is 2.00 bits per heavy atom. The van der Waals surface area contributed by atoms with Crippen LogP contribution >= 0.6 is 46.6 Å². The van der Waals surface area contributed by atoms with Crippen molar-refractivity contribution in [1.82, 2.24) is 4.90 Å². The summed E-state index contributed by atoms with van der Waals surface area (Å²) in [5.41, 5.74) is 1.02. The van der Waals surface area contributed by atoms with Gasteiger partial charge in [0.05, 0.1) is 4.91 Å². The minimum absolute atomic E-state index is 0.0199. The van der Waals surface area contributed by atoms with Gasteiger partial charge in [-0.05, 0) is 46.4 Å². The summed E-state index contributed by atoms with van der Waals surface area (Å²) in [7, 11) is 1.70. The molecule has 0 aromatic heterocycles. The molecule has 1 saturated heterocycles. The third kappa shape index (κ3) is 2.46. The molecule has 0 unspecified atom stereocenters. The van der Waals surface area contributed by atoms with Gasteiger partial charge in [-0.2, -0.15) is 0 Å². The molecule has 1 aromatic carbocycles. The van der Waals surface area contributed by atoms with E-state index in [2.05, 4.69) is 22.6 Å². The first-order valence-electron chi connectivity index (χ1n) is 4.55. The van der Waals surface area contributed by atoms with E-state index in [1.54, 1.807) is 7.05 Å². The Kier molecular flexibility index (Phi) is 3.66. The highest BCUT2D eigenvalue weighted by molar-refractivity contribution is 14.1. The molecule has 0 saturated carbocycles. The summed E-state index contributed by atoms with van der Waals surface area (Å²) in [5, 5.41) is 0. The number of rotatable bonds is 1. The molecule has 0 N–H and O–H groups in total. The molecule has 1 amide bonds. The van der Waals surface area contributed by atoms with Gasteiger partial charge >= 0.3 is 0 Å². The maximum atomic E-state index is 11.7. The van der Waals surface area contributed by atoms with Crippen molar-refractivity contribution in [2.45, 2.75) is 0 Å². The first-order valence-corrected chi connectivity index (χ1v) is 6.85. The van der Waals surface area contributed by atoms with Gasteiger partial charge in [-0.1, -0.05) is 36.1 Å². The van der Waals surface area contributed by atoms with Crippen LogP contribution in [0.1, 0.15) is 5.56 Å². The molecule has 2 rings (SSSR count). The molecule has 0 bridgehead atoms. The lowest BCUT2D eigenvalue weighted by atomic mass is 10.2. The van der Waals surface area contributed by atoms with Crippen LogP contribution in [0.4, 0.5) is 0 Å². The lowest BCUT2D eigenvalue weighted by molar-refractivity contribution is -0.121. The maximum absolute atomic E-state index is 11.7. The highest BCUT2D eigenvalue weighted by Crippen LogP contribution is 2.31. The zero-order valence-electron chi connectivity index (χ0n) is 8.44. The van der Waals surface area contributed by atoms with Crippen molar-refractivity contribution in [2.24, 2.45) is 0 Å². The van der Waals surface area contributed by atoms with Crippen LogP contribution in [0.5, 0.6) is 0 Å². The minimum atomic E-state index is -0.0199. The highest BCUT2D eigenvalue weighted by atomic mass is 127. The third-order valence-corrected chi connectivity index (χ3v) is 4.36. The number of benzene rings is 1. The molecular formula is C11H8INOS2. The van der Waals surface area contributed by atoms with Crippen molar-refractivity contribution >= 4 is 62.9 Å². The van der Waals surface area contributed by atoms with Crippen LogP contribution in [0, 0.1) is 3.57 Å². The lowest BCUT2D eigenvalue weighted by Crippen LogP contribution is -2.22. The number of amides is 1. The van der Waals surface area contributed by atoms with E-state index in [-0.39, 0.29) is 5.91 Å². The van der Waals surface area contributed by atoms with Gasteiger partial charge in [-0.25, -0.2) is 0 Å². The van der Waals surface area contributed by atoms with Gasteiger partial charge in [0.2, 0.25) is 0 Å². The van der Waals surface area contributed by atoms with E-state index >= 15 is 0 Å². The van der Waals surface area contributed by atoms with Gasteiger partial charge in [0.1, 0.15) is 4.32 Å². The van der Waals surface area contributed by atoms with E-state index in [9.17, 15) is 4.79 Å². The Balaban J connectivity index is 2.29. The number of carbonyl (C=O) groups is 1. The zero-order chi connectivity index (χ0) is 11.7. The van der Waals surface area contributed by atoms with Gasteiger partial charge in [0.15, 0.2) is 0 Å². The number of halogens is 1. The monoisotopic (exact) mass is 361 g/mol. The molecule has 0 atom stereocenters. The number of hydrogen-bond donors (Lipinski definition) is 0. The summed E-state index contributed by atoms with van der Waals surface area (Å²) in [4.78, 5) is 13.9. The quantitative estimate of drug-likeness (QED) is 0.436. The number of hydrogen-bond acceptors (Lipinski definition) is 3. The van der Waals surface area contributed by atoms with Crippen LogP contribution in [0.25, 0.3) is 6.08 Å². The van der Waals surface area contributed by atoms with E-state index in [1.807, 2.05) is 30.3 Å². The first-order chi connectivity index (χ1) is 7.58. The molecule has 82 valence electrons. The average Bonchev–Trinajstić information content (AvgIpc) is 2.50. The Bertz CT molecular complexity index is 481. The molecule has 1 aliphatic heterocycles. The largest absolute Gasteiger partial charge is 0.296 e. The molecule has 1 aliphatic rings. The topological polar surface area (TPSA) is 20.3 Å². The smallest absolute Gasteiger partial charge is 0.265 e. The fourth-order valence-electron chi connectivity index (χ4n) is 1.26. The van der Waals surface area contributed by atoms with Crippen LogP contribution in [0.3, 0.4) is 0 Å². The average molecular weight is 361 g/mol. The molecule has 0 aliphatic carbocycles. The predicted octanol–water partition coefficient (Wildman–Crippen LogP) is 3.12. The van der Waals surface area contributed by atoms with E-state index in [0.717, 1.165) is 5.56 Å². The van der Waals surface area contributed by atoms with Crippen LogP contribution in [-0.4, -0.2) is 22.2 Å². The van der Waals surface area contributed by atoms with Crippen LogP contribution in [0.2, 0.25) is 0 Å². The van der Waals surface area contributed by atoms with Crippen LogP contribution < -0.4 is 0 Å². The Morgan fingerprint density at radius 1 is 1.38 bits per heavy atom. The molecule has 2 nitrogen and oxygen atoms in total. The lowest BCUT2D eigenvalue weighted by Gasteiger charge is -2.03.